The van der Waals surface area contributed by atoms with Crippen molar-refractivity contribution in [2.45, 2.75) is 52.0 Å². The normalized spacial score (nSPS) is 12.8. The number of rotatable bonds is 10. The monoisotopic (exact) mass is 565 g/mol. The quantitative estimate of drug-likeness (QED) is 0.427. The number of halogens is 5. The van der Waals surface area contributed by atoms with Crippen LogP contribution in [0.25, 0.3) is 0 Å². The van der Waals surface area contributed by atoms with Crippen LogP contribution in [0.5, 0.6) is 0 Å². The first kappa shape index (κ1) is 30.4. The highest BCUT2D eigenvalue weighted by Gasteiger charge is 2.36. The van der Waals surface area contributed by atoms with Crippen LogP contribution in [0.15, 0.2) is 42.5 Å². The molecule has 0 fully saturated rings. The molecule has 2 rings (SSSR count). The third-order valence-corrected chi connectivity index (χ3v) is 6.78. The van der Waals surface area contributed by atoms with Gasteiger partial charge in [-0.2, -0.15) is 13.2 Å². The van der Waals surface area contributed by atoms with Crippen LogP contribution < -0.4 is 9.62 Å². The van der Waals surface area contributed by atoms with Crippen molar-refractivity contribution >= 4 is 39.1 Å². The molecule has 0 spiro atoms. The molecule has 37 heavy (non-hydrogen) atoms. The highest BCUT2D eigenvalue weighted by atomic mass is 35.5. The molecule has 2 aromatic rings. The van der Waals surface area contributed by atoms with Crippen molar-refractivity contribution in [3.8, 4) is 0 Å². The zero-order chi connectivity index (χ0) is 28.1. The number of sulfonamides is 1. The van der Waals surface area contributed by atoms with Crippen LogP contribution >= 0.6 is 11.6 Å². The molecule has 204 valence electrons. The average molecular weight is 566 g/mol. The van der Waals surface area contributed by atoms with E-state index >= 15 is 0 Å². The van der Waals surface area contributed by atoms with Crippen LogP contribution in [0.2, 0.25) is 5.02 Å². The van der Waals surface area contributed by atoms with E-state index in [2.05, 4.69) is 5.32 Å². The van der Waals surface area contributed by atoms with Gasteiger partial charge in [0.1, 0.15) is 18.4 Å². The molecule has 1 N–H and O–H groups in total. The maximum Gasteiger partial charge on any atom is 0.417 e. The van der Waals surface area contributed by atoms with E-state index in [4.69, 9.17) is 11.6 Å². The van der Waals surface area contributed by atoms with Crippen molar-refractivity contribution in [1.82, 2.24) is 10.2 Å². The second-order valence-corrected chi connectivity index (χ2v) is 11.0. The Bertz CT molecular complexity index is 1220. The van der Waals surface area contributed by atoms with Crippen molar-refractivity contribution in [2.75, 3.05) is 17.1 Å². The predicted octanol–water partition coefficient (Wildman–Crippen LogP) is 4.60. The van der Waals surface area contributed by atoms with Crippen LogP contribution in [0.3, 0.4) is 0 Å². The summed E-state index contributed by atoms with van der Waals surface area (Å²) in [6, 6.07) is 6.36. The van der Waals surface area contributed by atoms with Gasteiger partial charge in [0.25, 0.3) is 0 Å². The number of nitrogens with one attached hydrogen (secondary N) is 1. The Kier molecular flexibility index (Phi) is 9.95. The smallest absolute Gasteiger partial charge is 0.352 e. The molecule has 0 bridgehead atoms. The number of nitrogens with zero attached hydrogens (tertiary/aromatic N) is 2. The summed E-state index contributed by atoms with van der Waals surface area (Å²) >= 11 is 5.66. The number of hydrogen-bond acceptors (Lipinski definition) is 4. The number of hydrogen-bond donors (Lipinski definition) is 1. The largest absolute Gasteiger partial charge is 0.417 e. The second kappa shape index (κ2) is 12.1. The van der Waals surface area contributed by atoms with Crippen molar-refractivity contribution in [2.24, 2.45) is 0 Å². The lowest BCUT2D eigenvalue weighted by Gasteiger charge is -2.33. The minimum atomic E-state index is -4.86. The zero-order valence-electron chi connectivity index (χ0n) is 20.6. The summed E-state index contributed by atoms with van der Waals surface area (Å²) in [5.74, 6) is -1.86. The molecule has 0 unspecified atom stereocenters. The van der Waals surface area contributed by atoms with E-state index in [1.165, 1.54) is 24.3 Å². The summed E-state index contributed by atoms with van der Waals surface area (Å²) in [5, 5.41) is 2.07. The molecular weight excluding hydrogens is 538 g/mol. The van der Waals surface area contributed by atoms with Crippen molar-refractivity contribution in [3.63, 3.8) is 0 Å². The Labute approximate surface area is 218 Å². The predicted molar refractivity (Wildman–Crippen MR) is 133 cm³/mol. The lowest BCUT2D eigenvalue weighted by atomic mass is 10.1. The molecule has 7 nitrogen and oxygen atoms in total. The third-order valence-electron chi connectivity index (χ3n) is 5.31. The van der Waals surface area contributed by atoms with Crippen LogP contribution in [0.1, 0.15) is 38.3 Å². The summed E-state index contributed by atoms with van der Waals surface area (Å²) in [6.45, 7) is 4.04. The Morgan fingerprint density at radius 2 is 1.68 bits per heavy atom. The van der Waals surface area contributed by atoms with Crippen LogP contribution in [-0.2, 0) is 32.3 Å². The Hall–Kier alpha value is -2.86. The van der Waals surface area contributed by atoms with Crippen molar-refractivity contribution < 1.29 is 35.6 Å². The molecule has 0 aliphatic heterocycles. The van der Waals surface area contributed by atoms with Gasteiger partial charge in [-0.3, -0.25) is 13.9 Å². The molecule has 1 atom stereocenters. The Morgan fingerprint density at radius 1 is 1.08 bits per heavy atom. The minimum absolute atomic E-state index is 0.156. The van der Waals surface area contributed by atoms with Crippen LogP contribution in [0.4, 0.5) is 23.2 Å². The number of alkyl halides is 3. The second-order valence-electron chi connectivity index (χ2n) is 8.67. The topological polar surface area (TPSA) is 86.8 Å². The standard InChI is InChI=1S/C24H28ClF4N3O4S/c1-5-21(23(34)30-15(2)3)31(13-16-6-8-17(26)9-7-16)22(33)14-32(37(4,35)36)18-10-11-20(25)19(12-18)24(27,28)29/h6-12,15,21H,5,13-14H2,1-4H3,(H,30,34)/t21-/m1/s1. The van der Waals surface area contributed by atoms with Gasteiger partial charge in [0.15, 0.2) is 0 Å². The Morgan fingerprint density at radius 3 is 2.16 bits per heavy atom. The average Bonchev–Trinajstić information content (AvgIpc) is 2.77. The molecule has 0 aromatic heterocycles. The summed E-state index contributed by atoms with van der Waals surface area (Å²) in [7, 11) is -4.25. The number of amides is 2. The van der Waals surface area contributed by atoms with Gasteiger partial charge in [0, 0.05) is 12.6 Å². The highest BCUT2D eigenvalue weighted by molar-refractivity contribution is 7.92. The van der Waals surface area contributed by atoms with E-state index in [9.17, 15) is 35.6 Å². The van der Waals surface area contributed by atoms with Gasteiger partial charge in [-0.15, -0.1) is 0 Å². The highest BCUT2D eigenvalue weighted by Crippen LogP contribution is 2.37. The molecule has 0 saturated carbocycles. The molecule has 13 heteroatoms. The van der Waals surface area contributed by atoms with E-state index in [1.807, 2.05) is 0 Å². The van der Waals surface area contributed by atoms with E-state index < -0.39 is 62.7 Å². The van der Waals surface area contributed by atoms with Gasteiger partial charge in [-0.1, -0.05) is 30.7 Å². The molecule has 2 amide bonds. The molecular formula is C24H28ClF4N3O4S. The van der Waals surface area contributed by atoms with Gasteiger partial charge < -0.3 is 10.2 Å². The molecule has 2 aromatic carbocycles. The number of carbonyl (C=O) groups is 2. The molecule has 0 aliphatic rings. The van der Waals surface area contributed by atoms with E-state index in [-0.39, 0.29) is 19.0 Å². The summed E-state index contributed by atoms with van der Waals surface area (Å²) in [6.07, 6.45) is -3.96. The first-order chi connectivity index (χ1) is 17.0. The fourth-order valence-electron chi connectivity index (χ4n) is 3.59. The SMILES string of the molecule is CC[C@H](C(=O)NC(C)C)N(Cc1ccc(F)cc1)C(=O)CN(c1ccc(Cl)c(C(F)(F)F)c1)S(C)(=O)=O. The van der Waals surface area contributed by atoms with Gasteiger partial charge in [0.2, 0.25) is 21.8 Å². The molecule has 0 heterocycles. The lowest BCUT2D eigenvalue weighted by Crippen LogP contribution is -2.53. The first-order valence-corrected chi connectivity index (χ1v) is 13.5. The number of benzene rings is 2. The fourth-order valence-corrected chi connectivity index (χ4v) is 4.65. The van der Waals surface area contributed by atoms with Crippen molar-refractivity contribution in [1.29, 1.82) is 0 Å². The maximum absolute atomic E-state index is 13.5. The van der Waals surface area contributed by atoms with Gasteiger partial charge in [0.05, 0.1) is 22.5 Å². The first-order valence-electron chi connectivity index (χ1n) is 11.2. The van der Waals surface area contributed by atoms with Crippen LogP contribution in [0, 0.1) is 5.82 Å². The van der Waals surface area contributed by atoms with E-state index in [0.717, 1.165) is 23.3 Å². The number of carbonyl (C=O) groups excluding carboxylic acids is 2. The van der Waals surface area contributed by atoms with E-state index in [1.54, 1.807) is 20.8 Å². The third kappa shape index (κ3) is 8.32. The minimum Gasteiger partial charge on any atom is -0.352 e. The van der Waals surface area contributed by atoms with Gasteiger partial charge in [-0.05, 0) is 56.2 Å². The lowest BCUT2D eigenvalue weighted by molar-refractivity contribution is -0.140. The summed E-state index contributed by atoms with van der Waals surface area (Å²) in [5.41, 5.74) is -1.23. The fraction of sp³-hybridized carbons (Fsp3) is 0.417. The molecule has 0 saturated heterocycles. The molecule has 0 radical (unpaired) electrons. The van der Waals surface area contributed by atoms with E-state index in [0.29, 0.717) is 15.9 Å². The van der Waals surface area contributed by atoms with Crippen molar-refractivity contribution in [3.05, 3.63) is 64.4 Å². The maximum atomic E-state index is 13.5. The van der Waals surface area contributed by atoms with Gasteiger partial charge in [-0.25, -0.2) is 12.8 Å². The summed E-state index contributed by atoms with van der Waals surface area (Å²) in [4.78, 5) is 27.5. The Balaban J connectivity index is 2.52. The number of anilines is 1. The van der Waals surface area contributed by atoms with Crippen LogP contribution in [-0.4, -0.2) is 50.0 Å². The molecule has 0 aliphatic carbocycles. The zero-order valence-corrected chi connectivity index (χ0v) is 22.2. The summed E-state index contributed by atoms with van der Waals surface area (Å²) < 4.78 is 79.3. The van der Waals surface area contributed by atoms with Gasteiger partial charge >= 0.3 is 6.18 Å².